The molecule has 0 aliphatic heterocycles. The minimum absolute atomic E-state index is 0.0132. The van der Waals surface area contributed by atoms with Gasteiger partial charge >= 0.3 is 0 Å². The summed E-state index contributed by atoms with van der Waals surface area (Å²) in [6.45, 7) is 3.72. The summed E-state index contributed by atoms with van der Waals surface area (Å²) in [7, 11) is 0. The minimum atomic E-state index is -0.187. The molecule has 0 radical (unpaired) electrons. The fourth-order valence-electron chi connectivity index (χ4n) is 2.00. The molecule has 0 amide bonds. The first kappa shape index (κ1) is 13.8. The Morgan fingerprint density at radius 2 is 1.20 bits per heavy atom. The van der Waals surface area contributed by atoms with Crippen LogP contribution in [0.15, 0.2) is 36.4 Å². The summed E-state index contributed by atoms with van der Waals surface area (Å²) in [4.78, 5) is 0. The van der Waals surface area contributed by atoms with Gasteiger partial charge in [0.15, 0.2) is 11.5 Å². The fourth-order valence-corrected chi connectivity index (χ4v) is 2.00. The van der Waals surface area contributed by atoms with Gasteiger partial charge in [-0.1, -0.05) is 6.07 Å². The second-order valence-corrected chi connectivity index (χ2v) is 4.69. The Kier molecular flexibility index (Phi) is 3.57. The number of rotatable bonds is 2. The van der Waals surface area contributed by atoms with E-state index in [1.165, 1.54) is 18.2 Å². The first-order valence-corrected chi connectivity index (χ1v) is 6.11. The van der Waals surface area contributed by atoms with Crippen molar-refractivity contribution in [2.75, 3.05) is 0 Å². The van der Waals surface area contributed by atoms with Gasteiger partial charge in [-0.05, 0) is 60.4 Å². The smallest absolute Gasteiger partial charge is 0.157 e. The highest BCUT2D eigenvalue weighted by molar-refractivity contribution is 5.89. The molecule has 4 heteroatoms. The van der Waals surface area contributed by atoms with Gasteiger partial charge in [0.2, 0.25) is 0 Å². The van der Waals surface area contributed by atoms with Gasteiger partial charge in [0.1, 0.15) is 11.5 Å². The summed E-state index contributed by atoms with van der Waals surface area (Å²) in [6, 6.07) is 8.95. The third kappa shape index (κ3) is 2.69. The molecule has 0 saturated carbocycles. The van der Waals surface area contributed by atoms with Crippen LogP contribution in [-0.2, 0) is 0 Å². The molecule has 0 atom stereocenters. The lowest BCUT2D eigenvalue weighted by Crippen LogP contribution is -1.87. The molecule has 2 aromatic carbocycles. The Labute approximate surface area is 116 Å². The van der Waals surface area contributed by atoms with E-state index in [9.17, 15) is 20.4 Å². The Morgan fingerprint density at radius 3 is 1.75 bits per heavy atom. The van der Waals surface area contributed by atoms with Crippen LogP contribution in [0, 0.1) is 0 Å². The first-order valence-electron chi connectivity index (χ1n) is 6.11. The van der Waals surface area contributed by atoms with Crippen molar-refractivity contribution in [3.05, 3.63) is 47.5 Å². The van der Waals surface area contributed by atoms with Crippen LogP contribution in [0.1, 0.15) is 25.0 Å². The van der Waals surface area contributed by atoms with Crippen molar-refractivity contribution < 1.29 is 20.4 Å². The summed E-state index contributed by atoms with van der Waals surface area (Å²) in [5.41, 5.74) is 3.15. The Hall–Kier alpha value is -2.62. The highest BCUT2D eigenvalue weighted by atomic mass is 16.3. The predicted molar refractivity (Wildman–Crippen MR) is 77.7 cm³/mol. The van der Waals surface area contributed by atoms with Crippen molar-refractivity contribution in [2.24, 2.45) is 0 Å². The molecular formula is C16H16O4. The first-order chi connectivity index (χ1) is 9.38. The second-order valence-electron chi connectivity index (χ2n) is 4.69. The molecule has 20 heavy (non-hydrogen) atoms. The Balaban J connectivity index is 2.51. The number of hydrogen-bond acceptors (Lipinski definition) is 4. The molecule has 0 aliphatic rings. The number of phenolic OH excluding ortho intramolecular Hbond substituents is 4. The molecule has 0 bridgehead atoms. The molecule has 0 aromatic heterocycles. The quantitative estimate of drug-likeness (QED) is 0.498. The minimum Gasteiger partial charge on any atom is -0.508 e. The van der Waals surface area contributed by atoms with Crippen LogP contribution >= 0.6 is 0 Å². The zero-order chi connectivity index (χ0) is 14.9. The van der Waals surface area contributed by atoms with Gasteiger partial charge in [-0.25, -0.2) is 0 Å². The zero-order valence-electron chi connectivity index (χ0n) is 11.3. The van der Waals surface area contributed by atoms with E-state index < -0.39 is 0 Å². The van der Waals surface area contributed by atoms with E-state index in [4.69, 9.17) is 0 Å². The Morgan fingerprint density at radius 1 is 0.650 bits per heavy atom. The Bertz CT molecular complexity index is 667. The van der Waals surface area contributed by atoms with Gasteiger partial charge in [0, 0.05) is 6.07 Å². The van der Waals surface area contributed by atoms with Crippen LogP contribution in [0.2, 0.25) is 0 Å². The van der Waals surface area contributed by atoms with Crippen molar-refractivity contribution in [3.63, 3.8) is 0 Å². The molecule has 0 unspecified atom stereocenters. The van der Waals surface area contributed by atoms with E-state index >= 15 is 0 Å². The van der Waals surface area contributed by atoms with Crippen molar-refractivity contribution in [1.82, 2.24) is 0 Å². The highest BCUT2D eigenvalue weighted by Crippen LogP contribution is 2.33. The average Bonchev–Trinajstić information content (AvgIpc) is 2.39. The van der Waals surface area contributed by atoms with E-state index in [0.29, 0.717) is 5.56 Å². The lowest BCUT2D eigenvalue weighted by atomic mass is 9.96. The van der Waals surface area contributed by atoms with Crippen LogP contribution in [0.25, 0.3) is 11.1 Å². The van der Waals surface area contributed by atoms with Gasteiger partial charge in [0.25, 0.3) is 0 Å². The second kappa shape index (κ2) is 5.17. The van der Waals surface area contributed by atoms with Crippen LogP contribution in [0.5, 0.6) is 23.0 Å². The van der Waals surface area contributed by atoms with E-state index in [-0.39, 0.29) is 23.0 Å². The van der Waals surface area contributed by atoms with Gasteiger partial charge < -0.3 is 20.4 Å². The molecular weight excluding hydrogens is 256 g/mol. The molecule has 0 aliphatic carbocycles. The zero-order valence-corrected chi connectivity index (χ0v) is 11.3. The maximum atomic E-state index is 9.54. The number of allylic oxidation sites excluding steroid dienone is 2. The van der Waals surface area contributed by atoms with Crippen LogP contribution in [0.4, 0.5) is 0 Å². The molecule has 104 valence electrons. The van der Waals surface area contributed by atoms with Gasteiger partial charge in [0.05, 0.1) is 0 Å². The van der Waals surface area contributed by atoms with Crippen molar-refractivity contribution in [2.45, 2.75) is 13.8 Å². The normalized spacial score (nSPS) is 12.1. The number of aromatic hydroxyl groups is 4. The maximum Gasteiger partial charge on any atom is 0.157 e. The molecule has 2 aromatic rings. The monoisotopic (exact) mass is 272 g/mol. The average molecular weight is 272 g/mol. The largest absolute Gasteiger partial charge is 0.508 e. The lowest BCUT2D eigenvalue weighted by Gasteiger charge is -2.10. The highest BCUT2D eigenvalue weighted by Gasteiger charge is 2.08. The molecule has 4 nitrogen and oxygen atoms in total. The van der Waals surface area contributed by atoms with Gasteiger partial charge in [-0.3, -0.25) is 0 Å². The molecule has 0 heterocycles. The van der Waals surface area contributed by atoms with E-state index in [2.05, 4.69) is 0 Å². The third-order valence-electron chi connectivity index (χ3n) is 3.31. The van der Waals surface area contributed by atoms with Gasteiger partial charge in [-0.15, -0.1) is 0 Å². The van der Waals surface area contributed by atoms with Crippen LogP contribution in [0.3, 0.4) is 0 Å². The molecule has 4 N–H and O–H groups in total. The van der Waals surface area contributed by atoms with E-state index in [1.54, 1.807) is 18.2 Å². The van der Waals surface area contributed by atoms with Crippen LogP contribution in [-0.4, -0.2) is 20.4 Å². The van der Waals surface area contributed by atoms with E-state index in [1.807, 2.05) is 13.8 Å². The van der Waals surface area contributed by atoms with Gasteiger partial charge in [-0.2, -0.15) is 0 Å². The molecule has 0 saturated heterocycles. The predicted octanol–water partition coefficient (Wildman–Crippen LogP) is 3.46. The number of hydrogen-bond donors (Lipinski definition) is 4. The van der Waals surface area contributed by atoms with Crippen molar-refractivity contribution >= 4 is 11.1 Å². The summed E-state index contributed by atoms with van der Waals surface area (Å²) < 4.78 is 0. The number of benzene rings is 2. The summed E-state index contributed by atoms with van der Waals surface area (Å²) in [5, 5.41) is 37.9. The maximum absolute atomic E-state index is 9.54. The van der Waals surface area contributed by atoms with Crippen molar-refractivity contribution in [3.8, 4) is 23.0 Å². The summed E-state index contributed by atoms with van der Waals surface area (Å²) in [6.07, 6.45) is 0. The van der Waals surface area contributed by atoms with Crippen LogP contribution < -0.4 is 0 Å². The lowest BCUT2D eigenvalue weighted by molar-refractivity contribution is 0.403. The SMILES string of the molecule is C/C(=C(/C)c1ccc(O)c(O)c1)c1cc(O)cc(O)c1. The van der Waals surface area contributed by atoms with Crippen molar-refractivity contribution in [1.29, 1.82) is 0 Å². The fraction of sp³-hybridized carbons (Fsp3) is 0.125. The standard InChI is InChI=1S/C16H16O4/c1-9(11-3-4-15(19)16(20)7-11)10(2)12-5-13(17)8-14(18)6-12/h3-8,17-20H,1-2H3/b10-9+. The molecule has 2 rings (SSSR count). The topological polar surface area (TPSA) is 80.9 Å². The molecule has 0 spiro atoms. The third-order valence-corrected chi connectivity index (χ3v) is 3.31. The molecule has 0 fully saturated rings. The number of phenols is 4. The summed E-state index contributed by atoms with van der Waals surface area (Å²) >= 11 is 0. The van der Waals surface area contributed by atoms with E-state index in [0.717, 1.165) is 16.7 Å². The summed E-state index contributed by atoms with van der Waals surface area (Å²) in [5.74, 6) is -0.385.